The van der Waals surface area contributed by atoms with Crippen molar-refractivity contribution in [3.63, 3.8) is 0 Å². The highest BCUT2D eigenvalue weighted by atomic mass is 16.3. The maximum Gasteiger partial charge on any atom is 0.216 e. The second kappa shape index (κ2) is 5.20. The molecule has 0 bridgehead atoms. The molecule has 0 unspecified atom stereocenters. The van der Waals surface area contributed by atoms with Crippen LogP contribution in [0.1, 0.15) is 18.1 Å². The number of benzene rings is 1. The van der Waals surface area contributed by atoms with Gasteiger partial charge in [0.15, 0.2) is 6.20 Å². The zero-order chi connectivity index (χ0) is 16.0. The monoisotopic (exact) mass is 303 g/mol. The summed E-state index contributed by atoms with van der Waals surface area (Å²) in [4.78, 5) is 4.24. The van der Waals surface area contributed by atoms with Crippen LogP contribution in [0.4, 0.5) is 0 Å². The van der Waals surface area contributed by atoms with Crippen molar-refractivity contribution in [3.05, 3.63) is 60.0 Å². The van der Waals surface area contributed by atoms with Gasteiger partial charge in [-0.2, -0.15) is 0 Å². The van der Waals surface area contributed by atoms with Crippen LogP contribution >= 0.6 is 0 Å². The summed E-state index contributed by atoms with van der Waals surface area (Å²) >= 11 is 0. The Bertz CT molecular complexity index is 1030. The van der Waals surface area contributed by atoms with Gasteiger partial charge in [0.25, 0.3) is 0 Å². The number of rotatable bonds is 2. The molecular weight excluding hydrogens is 284 g/mol. The Morgan fingerprint density at radius 2 is 2.00 bits per heavy atom. The molecule has 0 atom stereocenters. The molecule has 0 amide bonds. The number of aromatic nitrogens is 2. The topological polar surface area (TPSA) is 29.9 Å². The number of hydrogen-bond donors (Lipinski definition) is 0. The van der Waals surface area contributed by atoms with Gasteiger partial charge in [0.2, 0.25) is 5.69 Å². The third-order valence-electron chi connectivity index (χ3n) is 4.53. The van der Waals surface area contributed by atoms with Crippen molar-refractivity contribution in [2.75, 3.05) is 0 Å². The first-order valence-electron chi connectivity index (χ1n) is 7.94. The molecule has 3 aromatic heterocycles. The van der Waals surface area contributed by atoms with Gasteiger partial charge in [0, 0.05) is 35.3 Å². The number of aryl methyl sites for hydroxylation is 3. The van der Waals surface area contributed by atoms with Crippen LogP contribution in [0.3, 0.4) is 0 Å². The molecule has 0 aliphatic rings. The average molecular weight is 303 g/mol. The Morgan fingerprint density at radius 3 is 2.83 bits per heavy atom. The highest BCUT2D eigenvalue weighted by Gasteiger charge is 2.20. The predicted molar refractivity (Wildman–Crippen MR) is 92.2 cm³/mol. The lowest BCUT2D eigenvalue weighted by atomic mass is 9.99. The first-order valence-corrected chi connectivity index (χ1v) is 7.94. The molecule has 1 aromatic carbocycles. The van der Waals surface area contributed by atoms with Gasteiger partial charge >= 0.3 is 0 Å². The Morgan fingerprint density at radius 1 is 1.13 bits per heavy atom. The van der Waals surface area contributed by atoms with Gasteiger partial charge in [-0.1, -0.05) is 19.1 Å². The minimum atomic E-state index is 0.885. The SMILES string of the molecule is CCc1cc[n+](C)c(-c2c(C)ccc3c2oc2ccncc23)c1. The minimum absolute atomic E-state index is 0.885. The molecule has 0 aliphatic carbocycles. The molecule has 23 heavy (non-hydrogen) atoms. The second-order valence-corrected chi connectivity index (χ2v) is 5.99. The van der Waals surface area contributed by atoms with E-state index in [-0.39, 0.29) is 0 Å². The van der Waals surface area contributed by atoms with E-state index < -0.39 is 0 Å². The lowest BCUT2D eigenvalue weighted by Gasteiger charge is -2.06. The van der Waals surface area contributed by atoms with Gasteiger partial charge in [-0.15, -0.1) is 0 Å². The molecule has 3 heterocycles. The molecule has 114 valence electrons. The summed E-state index contributed by atoms with van der Waals surface area (Å²) in [5.74, 6) is 0. The lowest BCUT2D eigenvalue weighted by Crippen LogP contribution is -2.30. The van der Waals surface area contributed by atoms with E-state index in [1.54, 1.807) is 6.20 Å². The van der Waals surface area contributed by atoms with Crippen LogP contribution in [-0.2, 0) is 13.5 Å². The van der Waals surface area contributed by atoms with Gasteiger partial charge < -0.3 is 4.42 Å². The van der Waals surface area contributed by atoms with Crippen LogP contribution in [0, 0.1) is 6.92 Å². The van der Waals surface area contributed by atoms with E-state index in [0.29, 0.717) is 0 Å². The molecule has 0 saturated heterocycles. The first kappa shape index (κ1) is 13.9. The first-order chi connectivity index (χ1) is 11.2. The van der Waals surface area contributed by atoms with Crippen molar-refractivity contribution in [2.45, 2.75) is 20.3 Å². The normalized spacial score (nSPS) is 11.4. The largest absolute Gasteiger partial charge is 0.455 e. The van der Waals surface area contributed by atoms with Crippen LogP contribution in [0.2, 0.25) is 0 Å². The Balaban J connectivity index is 2.12. The van der Waals surface area contributed by atoms with Gasteiger partial charge in [-0.25, -0.2) is 4.57 Å². The van der Waals surface area contributed by atoms with Crippen molar-refractivity contribution in [1.29, 1.82) is 0 Å². The maximum atomic E-state index is 6.19. The molecule has 4 rings (SSSR count). The van der Waals surface area contributed by atoms with E-state index in [2.05, 4.69) is 60.9 Å². The Kier molecular flexibility index (Phi) is 3.15. The van der Waals surface area contributed by atoms with Crippen molar-refractivity contribution >= 4 is 21.9 Å². The third kappa shape index (κ3) is 2.12. The molecule has 3 nitrogen and oxygen atoms in total. The highest BCUT2D eigenvalue weighted by Crippen LogP contribution is 2.36. The molecule has 0 fully saturated rings. The molecule has 0 N–H and O–H groups in total. The van der Waals surface area contributed by atoms with Crippen LogP contribution < -0.4 is 4.57 Å². The molecule has 0 saturated carbocycles. The molecular formula is C20H19N2O+. The summed E-state index contributed by atoms with van der Waals surface area (Å²) in [5.41, 5.74) is 6.71. The van der Waals surface area contributed by atoms with Crippen molar-refractivity contribution in [2.24, 2.45) is 7.05 Å². The number of hydrogen-bond acceptors (Lipinski definition) is 2. The summed E-state index contributed by atoms with van der Waals surface area (Å²) in [6.45, 7) is 4.32. The van der Waals surface area contributed by atoms with Gasteiger partial charge in [0.1, 0.15) is 18.2 Å². The second-order valence-electron chi connectivity index (χ2n) is 5.99. The predicted octanol–water partition coefficient (Wildman–Crippen LogP) is 4.34. The fourth-order valence-corrected chi connectivity index (χ4v) is 3.18. The number of pyridine rings is 2. The van der Waals surface area contributed by atoms with E-state index >= 15 is 0 Å². The smallest absolute Gasteiger partial charge is 0.216 e. The fourth-order valence-electron chi connectivity index (χ4n) is 3.18. The molecule has 0 aliphatic heterocycles. The fraction of sp³-hybridized carbons (Fsp3) is 0.200. The number of furan rings is 1. The van der Waals surface area contributed by atoms with Crippen LogP contribution in [-0.4, -0.2) is 4.98 Å². The zero-order valence-electron chi connectivity index (χ0n) is 13.6. The Hall–Kier alpha value is -2.68. The summed E-state index contributed by atoms with van der Waals surface area (Å²) in [6.07, 6.45) is 6.79. The summed E-state index contributed by atoms with van der Waals surface area (Å²) in [6, 6.07) is 10.6. The zero-order valence-corrected chi connectivity index (χ0v) is 13.6. The minimum Gasteiger partial charge on any atom is -0.455 e. The van der Waals surface area contributed by atoms with Crippen molar-refractivity contribution < 1.29 is 8.98 Å². The van der Waals surface area contributed by atoms with Crippen LogP contribution in [0.5, 0.6) is 0 Å². The molecule has 0 spiro atoms. The van der Waals surface area contributed by atoms with E-state index in [4.69, 9.17) is 4.42 Å². The van der Waals surface area contributed by atoms with Crippen molar-refractivity contribution in [3.8, 4) is 11.3 Å². The van der Waals surface area contributed by atoms with Gasteiger partial charge in [-0.3, -0.25) is 4.98 Å². The summed E-state index contributed by atoms with van der Waals surface area (Å²) < 4.78 is 8.35. The van der Waals surface area contributed by atoms with Crippen LogP contribution in [0.15, 0.2) is 53.3 Å². The van der Waals surface area contributed by atoms with Gasteiger partial charge in [-0.05, 0) is 30.5 Å². The quantitative estimate of drug-likeness (QED) is 0.515. The van der Waals surface area contributed by atoms with E-state index in [9.17, 15) is 0 Å². The highest BCUT2D eigenvalue weighted by molar-refractivity contribution is 6.09. The van der Waals surface area contributed by atoms with Crippen molar-refractivity contribution in [1.82, 2.24) is 4.98 Å². The Labute approximate surface area is 135 Å². The van der Waals surface area contributed by atoms with Gasteiger partial charge in [0.05, 0.1) is 5.56 Å². The number of fused-ring (bicyclic) bond motifs is 3. The van der Waals surface area contributed by atoms with Crippen LogP contribution in [0.25, 0.3) is 33.2 Å². The average Bonchev–Trinajstić information content (AvgIpc) is 2.94. The summed E-state index contributed by atoms with van der Waals surface area (Å²) in [7, 11) is 2.08. The van der Waals surface area contributed by atoms with E-state index in [0.717, 1.165) is 33.9 Å². The van der Waals surface area contributed by atoms with E-state index in [1.165, 1.54) is 16.8 Å². The summed E-state index contributed by atoms with van der Waals surface area (Å²) in [5, 5.41) is 2.19. The van der Waals surface area contributed by atoms with E-state index in [1.807, 2.05) is 12.3 Å². The molecule has 3 heteroatoms. The molecule has 4 aromatic rings. The molecule has 0 radical (unpaired) electrons. The lowest BCUT2D eigenvalue weighted by molar-refractivity contribution is -0.660. The number of nitrogens with zero attached hydrogens (tertiary/aromatic N) is 2. The standard InChI is InChI=1S/C20H19N2O/c1-4-14-8-10-22(3)17(11-14)19-13(2)5-6-15-16-12-21-9-7-18(16)23-20(15)19/h5-12H,4H2,1-3H3/q+1. The maximum absolute atomic E-state index is 6.19. The third-order valence-corrected chi connectivity index (χ3v) is 4.53.